The topological polar surface area (TPSA) is 95.1 Å². The number of anilines is 1. The summed E-state index contributed by atoms with van der Waals surface area (Å²) in [6, 6.07) is 0. The lowest BCUT2D eigenvalue weighted by Gasteiger charge is -2.28. The number of carboxylic acid groups (broad SMARTS) is 1. The summed E-state index contributed by atoms with van der Waals surface area (Å²) in [6.45, 7) is 7.15. The van der Waals surface area contributed by atoms with Crippen molar-refractivity contribution < 1.29 is 14.7 Å². The summed E-state index contributed by atoms with van der Waals surface area (Å²) in [6.07, 6.45) is 2.32. The number of amides is 1. The summed E-state index contributed by atoms with van der Waals surface area (Å²) >= 11 is 0. The number of aromatic amines is 1. The van der Waals surface area contributed by atoms with Crippen LogP contribution in [0.15, 0.2) is 6.20 Å². The number of hydrogen-bond donors (Lipinski definition) is 3. The van der Waals surface area contributed by atoms with E-state index in [9.17, 15) is 14.7 Å². The second-order valence-electron chi connectivity index (χ2n) is 5.23. The van der Waals surface area contributed by atoms with E-state index in [1.54, 1.807) is 27.0 Å². The van der Waals surface area contributed by atoms with E-state index in [2.05, 4.69) is 15.5 Å². The lowest BCUT2D eigenvalue weighted by Crippen LogP contribution is -2.37. The molecular formula is C13H21N3O3. The molecule has 6 heteroatoms. The third-order valence-corrected chi connectivity index (χ3v) is 3.65. The van der Waals surface area contributed by atoms with Crippen molar-refractivity contribution >= 4 is 17.7 Å². The molecule has 0 spiro atoms. The minimum Gasteiger partial charge on any atom is -0.481 e. The first-order valence-electron chi connectivity index (χ1n) is 6.36. The van der Waals surface area contributed by atoms with Crippen LogP contribution in [-0.4, -0.2) is 27.2 Å². The van der Waals surface area contributed by atoms with Gasteiger partial charge in [-0.05, 0) is 19.3 Å². The van der Waals surface area contributed by atoms with Crippen molar-refractivity contribution in [3.05, 3.63) is 11.8 Å². The van der Waals surface area contributed by atoms with E-state index >= 15 is 0 Å². The summed E-state index contributed by atoms with van der Waals surface area (Å²) in [5.74, 6) is -0.873. The third-order valence-electron chi connectivity index (χ3n) is 3.65. The smallest absolute Gasteiger partial charge is 0.310 e. The average molecular weight is 267 g/mol. The Labute approximate surface area is 112 Å². The fourth-order valence-electron chi connectivity index (χ4n) is 1.73. The lowest BCUT2D eigenvalue weighted by atomic mass is 9.76. The summed E-state index contributed by atoms with van der Waals surface area (Å²) in [5, 5.41) is 18.5. The molecule has 3 N–H and O–H groups in total. The number of aliphatic carboxylic acids is 1. The molecule has 1 unspecified atom stereocenters. The number of nitrogens with one attached hydrogen (secondary N) is 2. The quantitative estimate of drug-likeness (QED) is 0.735. The first kappa shape index (κ1) is 15.2. The van der Waals surface area contributed by atoms with Gasteiger partial charge in [0.2, 0.25) is 5.91 Å². The standard InChI is InChI=1S/C13H21N3O3/c1-5-9-7-14-16-11(9)15-10(17)6-13(4,8(2)3)12(18)19/h7-8H,5-6H2,1-4H3,(H,18,19)(H2,14,15,16,17). The molecule has 0 aliphatic rings. The van der Waals surface area contributed by atoms with Crippen LogP contribution < -0.4 is 5.32 Å². The number of nitrogens with zero attached hydrogens (tertiary/aromatic N) is 1. The van der Waals surface area contributed by atoms with Gasteiger partial charge in [0.25, 0.3) is 0 Å². The third kappa shape index (κ3) is 3.33. The summed E-state index contributed by atoms with van der Waals surface area (Å²) in [5.41, 5.74) is -0.175. The Bertz CT molecular complexity index is 467. The molecule has 0 aliphatic heterocycles. The molecule has 0 aliphatic carbocycles. The fraction of sp³-hybridized carbons (Fsp3) is 0.615. The Hall–Kier alpha value is -1.85. The van der Waals surface area contributed by atoms with Gasteiger partial charge in [-0.25, -0.2) is 0 Å². The van der Waals surface area contributed by atoms with E-state index < -0.39 is 11.4 Å². The molecular weight excluding hydrogens is 246 g/mol. The van der Waals surface area contributed by atoms with E-state index in [0.29, 0.717) is 5.82 Å². The van der Waals surface area contributed by atoms with Gasteiger partial charge in [0, 0.05) is 12.0 Å². The van der Waals surface area contributed by atoms with Gasteiger partial charge in [0.1, 0.15) is 5.82 Å². The zero-order chi connectivity index (χ0) is 14.6. The Morgan fingerprint density at radius 2 is 2.16 bits per heavy atom. The van der Waals surface area contributed by atoms with Crippen molar-refractivity contribution in [3.63, 3.8) is 0 Å². The van der Waals surface area contributed by atoms with Crippen LogP contribution in [0.3, 0.4) is 0 Å². The van der Waals surface area contributed by atoms with Gasteiger partial charge in [-0.15, -0.1) is 0 Å². The van der Waals surface area contributed by atoms with Crippen LogP contribution in [0.4, 0.5) is 5.82 Å². The molecule has 1 aromatic rings. The van der Waals surface area contributed by atoms with Crippen molar-refractivity contribution in [1.82, 2.24) is 10.2 Å². The van der Waals surface area contributed by atoms with E-state index in [4.69, 9.17) is 0 Å². The number of hydrogen-bond acceptors (Lipinski definition) is 3. The molecule has 19 heavy (non-hydrogen) atoms. The molecule has 0 saturated carbocycles. The number of carboxylic acids is 1. The molecule has 1 rings (SSSR count). The van der Waals surface area contributed by atoms with Crippen LogP contribution in [0.5, 0.6) is 0 Å². The monoisotopic (exact) mass is 267 g/mol. The Balaban J connectivity index is 2.77. The number of carbonyl (C=O) groups excluding carboxylic acids is 1. The normalized spacial score (nSPS) is 14.2. The second-order valence-corrected chi connectivity index (χ2v) is 5.23. The van der Waals surface area contributed by atoms with Gasteiger partial charge in [0.05, 0.1) is 11.6 Å². The van der Waals surface area contributed by atoms with Gasteiger partial charge in [0.15, 0.2) is 0 Å². The Morgan fingerprint density at radius 3 is 2.63 bits per heavy atom. The van der Waals surface area contributed by atoms with E-state index in [1.807, 2.05) is 6.92 Å². The maximum absolute atomic E-state index is 12.0. The molecule has 1 heterocycles. The lowest BCUT2D eigenvalue weighted by molar-refractivity contribution is -0.153. The summed E-state index contributed by atoms with van der Waals surface area (Å²) in [7, 11) is 0. The summed E-state index contributed by atoms with van der Waals surface area (Å²) in [4.78, 5) is 23.3. The molecule has 0 aromatic carbocycles. The predicted molar refractivity (Wildman–Crippen MR) is 71.8 cm³/mol. The van der Waals surface area contributed by atoms with Crippen molar-refractivity contribution in [1.29, 1.82) is 0 Å². The Morgan fingerprint density at radius 1 is 1.53 bits per heavy atom. The van der Waals surface area contributed by atoms with Crippen molar-refractivity contribution in [2.24, 2.45) is 11.3 Å². The molecule has 1 amide bonds. The average Bonchev–Trinajstić information content (AvgIpc) is 2.75. The van der Waals surface area contributed by atoms with Crippen molar-refractivity contribution in [2.75, 3.05) is 5.32 Å². The van der Waals surface area contributed by atoms with Crippen molar-refractivity contribution in [3.8, 4) is 0 Å². The van der Waals surface area contributed by atoms with Gasteiger partial charge >= 0.3 is 5.97 Å². The predicted octanol–water partition coefficient (Wildman–Crippen LogP) is 2.05. The van der Waals surface area contributed by atoms with Crippen LogP contribution in [-0.2, 0) is 16.0 Å². The molecule has 106 valence electrons. The number of carbonyl (C=O) groups is 2. The first-order chi connectivity index (χ1) is 8.81. The van der Waals surface area contributed by atoms with Crippen LogP contribution in [0.2, 0.25) is 0 Å². The van der Waals surface area contributed by atoms with Crippen molar-refractivity contribution in [2.45, 2.75) is 40.5 Å². The van der Waals surface area contributed by atoms with E-state index in [-0.39, 0.29) is 18.2 Å². The minimum absolute atomic E-state index is 0.0673. The van der Waals surface area contributed by atoms with Crippen LogP contribution in [0.25, 0.3) is 0 Å². The van der Waals surface area contributed by atoms with Crippen LogP contribution in [0.1, 0.15) is 39.7 Å². The molecule has 1 aromatic heterocycles. The first-order valence-corrected chi connectivity index (χ1v) is 6.36. The maximum Gasteiger partial charge on any atom is 0.310 e. The van der Waals surface area contributed by atoms with Gasteiger partial charge < -0.3 is 10.4 Å². The number of aromatic nitrogens is 2. The van der Waals surface area contributed by atoms with Crippen LogP contribution >= 0.6 is 0 Å². The molecule has 6 nitrogen and oxygen atoms in total. The fourth-order valence-corrected chi connectivity index (χ4v) is 1.73. The highest BCUT2D eigenvalue weighted by molar-refractivity contribution is 5.94. The SMILES string of the molecule is CCc1cn[nH]c1NC(=O)CC(C)(C(=O)O)C(C)C. The molecule has 1 atom stereocenters. The van der Waals surface area contributed by atoms with Gasteiger partial charge in [-0.3, -0.25) is 14.7 Å². The number of aryl methyl sites for hydroxylation is 1. The van der Waals surface area contributed by atoms with Gasteiger partial charge in [-0.1, -0.05) is 20.8 Å². The molecule has 0 saturated heterocycles. The van der Waals surface area contributed by atoms with E-state index in [1.165, 1.54) is 0 Å². The molecule has 0 bridgehead atoms. The zero-order valence-electron chi connectivity index (χ0n) is 11.8. The maximum atomic E-state index is 12.0. The number of rotatable bonds is 6. The zero-order valence-corrected chi connectivity index (χ0v) is 11.8. The van der Waals surface area contributed by atoms with Gasteiger partial charge in [-0.2, -0.15) is 5.10 Å². The second kappa shape index (κ2) is 5.86. The highest BCUT2D eigenvalue weighted by Crippen LogP contribution is 2.31. The summed E-state index contributed by atoms with van der Waals surface area (Å²) < 4.78 is 0. The largest absolute Gasteiger partial charge is 0.481 e. The van der Waals surface area contributed by atoms with E-state index in [0.717, 1.165) is 12.0 Å². The highest BCUT2D eigenvalue weighted by Gasteiger charge is 2.38. The molecule has 0 radical (unpaired) electrons. The molecule has 0 fully saturated rings. The van der Waals surface area contributed by atoms with Crippen LogP contribution in [0, 0.1) is 11.3 Å². The number of H-pyrrole nitrogens is 1. The highest BCUT2D eigenvalue weighted by atomic mass is 16.4. The Kier molecular flexibility index (Phi) is 4.69. The minimum atomic E-state index is -1.07.